The van der Waals surface area contributed by atoms with E-state index in [0.29, 0.717) is 11.5 Å². The molecule has 0 radical (unpaired) electrons. The second kappa shape index (κ2) is 6.33. The van der Waals surface area contributed by atoms with Gasteiger partial charge in [0.15, 0.2) is 17.3 Å². The third-order valence-electron chi connectivity index (χ3n) is 3.24. The van der Waals surface area contributed by atoms with E-state index >= 15 is 0 Å². The minimum atomic E-state index is -0.000845. The Kier molecular flexibility index (Phi) is 4.51. The van der Waals surface area contributed by atoms with Crippen LogP contribution in [-0.2, 0) is 0 Å². The minimum absolute atomic E-state index is 0.000845. The predicted octanol–water partition coefficient (Wildman–Crippen LogP) is 0.103. The summed E-state index contributed by atoms with van der Waals surface area (Å²) >= 11 is 0. The summed E-state index contributed by atoms with van der Waals surface area (Å²) in [5.41, 5.74) is 6.08. The fraction of sp³-hybridized carbons (Fsp3) is 0.583. The molecule has 7 nitrogen and oxygen atoms in total. The van der Waals surface area contributed by atoms with Crippen LogP contribution in [0.25, 0.3) is 0 Å². The molecule has 104 valence electrons. The molecule has 0 aromatic carbocycles. The van der Waals surface area contributed by atoms with E-state index in [2.05, 4.69) is 31.8 Å². The van der Waals surface area contributed by atoms with E-state index < -0.39 is 0 Å². The molecule has 0 atom stereocenters. The first-order chi connectivity index (χ1) is 9.26. The van der Waals surface area contributed by atoms with Gasteiger partial charge in [-0.2, -0.15) is 0 Å². The molecule has 0 unspecified atom stereocenters. The molecule has 0 aliphatic carbocycles. The topological polar surface area (TPSA) is 90.9 Å². The van der Waals surface area contributed by atoms with Gasteiger partial charge in [0.25, 0.3) is 0 Å². The van der Waals surface area contributed by atoms with Crippen molar-refractivity contribution >= 4 is 11.7 Å². The third-order valence-corrected chi connectivity index (χ3v) is 3.24. The quantitative estimate of drug-likeness (QED) is 0.347. The molecule has 1 aromatic rings. The first-order valence-electron chi connectivity index (χ1n) is 6.52. The Bertz CT molecular complexity index is 442. The van der Waals surface area contributed by atoms with Gasteiger partial charge in [-0.1, -0.05) is 12.1 Å². The molecule has 2 rings (SSSR count). The van der Waals surface area contributed by atoms with Gasteiger partial charge < -0.3 is 15.8 Å². The van der Waals surface area contributed by atoms with Crippen LogP contribution >= 0.6 is 0 Å². The van der Waals surface area contributed by atoms with Crippen LogP contribution in [0.15, 0.2) is 17.5 Å². The highest BCUT2D eigenvalue weighted by Gasteiger charge is 2.21. The van der Waals surface area contributed by atoms with Gasteiger partial charge >= 0.3 is 0 Å². The maximum Gasteiger partial charge on any atom is 0.192 e. The van der Waals surface area contributed by atoms with Crippen molar-refractivity contribution in [1.29, 1.82) is 0 Å². The van der Waals surface area contributed by atoms with E-state index in [9.17, 15) is 0 Å². The number of amidine groups is 1. The second-order valence-electron chi connectivity index (χ2n) is 4.54. The first kappa shape index (κ1) is 13.5. The Morgan fingerprint density at radius 2 is 2.00 bits per heavy atom. The molecule has 2 heterocycles. The maximum atomic E-state index is 8.79. The van der Waals surface area contributed by atoms with Crippen LogP contribution in [-0.4, -0.2) is 58.6 Å². The summed E-state index contributed by atoms with van der Waals surface area (Å²) in [6, 6.07) is 0. The largest absolute Gasteiger partial charge is 0.409 e. The SMILES string of the molecule is CCCN1CCN(c2nccnc2C(N)=NO)CC1. The Morgan fingerprint density at radius 1 is 1.32 bits per heavy atom. The summed E-state index contributed by atoms with van der Waals surface area (Å²) in [5.74, 6) is 0.688. The number of nitrogens with zero attached hydrogens (tertiary/aromatic N) is 5. The van der Waals surface area contributed by atoms with Gasteiger partial charge in [-0.15, -0.1) is 0 Å². The highest BCUT2D eigenvalue weighted by atomic mass is 16.4. The normalized spacial score (nSPS) is 17.7. The zero-order chi connectivity index (χ0) is 13.7. The lowest BCUT2D eigenvalue weighted by Gasteiger charge is -2.35. The average Bonchev–Trinajstić information content (AvgIpc) is 2.47. The predicted molar refractivity (Wildman–Crippen MR) is 73.5 cm³/mol. The van der Waals surface area contributed by atoms with Gasteiger partial charge in [0, 0.05) is 38.6 Å². The molecular weight excluding hydrogens is 244 g/mol. The van der Waals surface area contributed by atoms with Crippen molar-refractivity contribution in [3.63, 3.8) is 0 Å². The summed E-state index contributed by atoms with van der Waals surface area (Å²) in [5, 5.41) is 11.8. The van der Waals surface area contributed by atoms with Gasteiger partial charge in [-0.25, -0.2) is 9.97 Å². The summed E-state index contributed by atoms with van der Waals surface area (Å²) in [6.07, 6.45) is 4.34. The molecule has 1 aromatic heterocycles. The number of rotatable bonds is 4. The molecule has 1 saturated heterocycles. The molecule has 1 aliphatic heterocycles. The number of aromatic nitrogens is 2. The zero-order valence-electron chi connectivity index (χ0n) is 11.2. The van der Waals surface area contributed by atoms with Crippen molar-refractivity contribution in [2.45, 2.75) is 13.3 Å². The Hall–Kier alpha value is -1.89. The molecule has 1 aliphatic rings. The number of anilines is 1. The van der Waals surface area contributed by atoms with E-state index in [1.54, 1.807) is 12.4 Å². The Labute approximate surface area is 112 Å². The summed E-state index contributed by atoms with van der Waals surface area (Å²) in [4.78, 5) is 13.0. The number of nitrogens with two attached hydrogens (primary N) is 1. The van der Waals surface area contributed by atoms with E-state index in [0.717, 1.165) is 32.7 Å². The van der Waals surface area contributed by atoms with Crippen LogP contribution < -0.4 is 10.6 Å². The zero-order valence-corrected chi connectivity index (χ0v) is 11.2. The first-order valence-corrected chi connectivity index (χ1v) is 6.52. The van der Waals surface area contributed by atoms with Gasteiger partial charge in [0.1, 0.15) is 0 Å². The molecule has 0 saturated carbocycles. The fourth-order valence-electron chi connectivity index (χ4n) is 2.29. The van der Waals surface area contributed by atoms with Gasteiger partial charge in [-0.3, -0.25) is 4.90 Å². The van der Waals surface area contributed by atoms with Crippen LogP contribution in [0.5, 0.6) is 0 Å². The standard InChI is InChI=1S/C12H20N6O/c1-2-5-17-6-8-18(9-7-17)12-10(11(13)16-19)14-3-4-15-12/h3-4,19H,2,5-9H2,1H3,(H2,13,16). The minimum Gasteiger partial charge on any atom is -0.409 e. The molecule has 0 bridgehead atoms. The summed E-state index contributed by atoms with van der Waals surface area (Å²) < 4.78 is 0. The molecule has 7 heteroatoms. The highest BCUT2D eigenvalue weighted by molar-refractivity contribution is 5.99. The van der Waals surface area contributed by atoms with Crippen molar-refractivity contribution in [2.75, 3.05) is 37.6 Å². The lowest BCUT2D eigenvalue weighted by Crippen LogP contribution is -2.47. The van der Waals surface area contributed by atoms with Crippen molar-refractivity contribution in [1.82, 2.24) is 14.9 Å². The second-order valence-corrected chi connectivity index (χ2v) is 4.54. The molecule has 3 N–H and O–H groups in total. The van der Waals surface area contributed by atoms with Crippen LogP contribution in [0.4, 0.5) is 5.82 Å². The average molecular weight is 264 g/mol. The van der Waals surface area contributed by atoms with Crippen molar-refractivity contribution < 1.29 is 5.21 Å². The van der Waals surface area contributed by atoms with Crippen LogP contribution in [0.1, 0.15) is 19.0 Å². The number of oxime groups is 1. The van der Waals surface area contributed by atoms with Crippen molar-refractivity contribution in [2.24, 2.45) is 10.9 Å². The van der Waals surface area contributed by atoms with E-state index in [1.165, 1.54) is 6.42 Å². The Balaban J connectivity index is 2.11. The van der Waals surface area contributed by atoms with Crippen LogP contribution in [0.2, 0.25) is 0 Å². The van der Waals surface area contributed by atoms with Crippen molar-refractivity contribution in [3.05, 3.63) is 18.1 Å². The molecule has 19 heavy (non-hydrogen) atoms. The summed E-state index contributed by atoms with van der Waals surface area (Å²) in [6.45, 7) is 7.07. The van der Waals surface area contributed by atoms with Gasteiger partial charge in [-0.05, 0) is 13.0 Å². The van der Waals surface area contributed by atoms with Crippen LogP contribution in [0, 0.1) is 0 Å². The lowest BCUT2D eigenvalue weighted by molar-refractivity contribution is 0.258. The maximum absolute atomic E-state index is 8.79. The third kappa shape index (κ3) is 3.11. The number of hydrogen-bond acceptors (Lipinski definition) is 6. The van der Waals surface area contributed by atoms with Gasteiger partial charge in [0.2, 0.25) is 0 Å². The summed E-state index contributed by atoms with van der Waals surface area (Å²) in [7, 11) is 0. The van der Waals surface area contributed by atoms with E-state index in [1.807, 2.05) is 0 Å². The molecule has 0 amide bonds. The van der Waals surface area contributed by atoms with E-state index in [4.69, 9.17) is 10.9 Å². The lowest BCUT2D eigenvalue weighted by atomic mass is 10.2. The highest BCUT2D eigenvalue weighted by Crippen LogP contribution is 2.16. The Morgan fingerprint density at radius 3 is 2.63 bits per heavy atom. The van der Waals surface area contributed by atoms with Crippen molar-refractivity contribution in [3.8, 4) is 0 Å². The van der Waals surface area contributed by atoms with E-state index in [-0.39, 0.29) is 5.84 Å². The monoisotopic (exact) mass is 264 g/mol. The molecule has 0 spiro atoms. The number of piperazine rings is 1. The molecular formula is C12H20N6O. The van der Waals surface area contributed by atoms with Crippen LogP contribution in [0.3, 0.4) is 0 Å². The number of hydrogen-bond donors (Lipinski definition) is 2. The van der Waals surface area contributed by atoms with Gasteiger partial charge in [0.05, 0.1) is 0 Å². The smallest absolute Gasteiger partial charge is 0.192 e. The molecule has 1 fully saturated rings. The fourth-order valence-corrected chi connectivity index (χ4v) is 2.29.